The predicted molar refractivity (Wildman–Crippen MR) is 60.6 cm³/mol. The van der Waals surface area contributed by atoms with Crippen LogP contribution in [0.15, 0.2) is 12.1 Å². The van der Waals surface area contributed by atoms with Crippen molar-refractivity contribution in [1.29, 1.82) is 0 Å². The van der Waals surface area contributed by atoms with Crippen LogP contribution in [-0.4, -0.2) is 34.8 Å². The number of hydrogen-bond acceptors (Lipinski definition) is 5. The number of nitrogen functional groups attached to an aromatic ring is 1. The number of nitrogens with two attached hydrogens (primary N) is 1. The van der Waals surface area contributed by atoms with Crippen LogP contribution in [0.4, 0.5) is 11.6 Å². The molecule has 1 aliphatic heterocycles. The molecule has 1 fully saturated rings. The van der Waals surface area contributed by atoms with E-state index in [-0.39, 0.29) is 0 Å². The topological polar surface area (TPSA) is 55.0 Å². The highest BCUT2D eigenvalue weighted by Gasteiger charge is 2.22. The summed E-state index contributed by atoms with van der Waals surface area (Å²) in [6, 6.07) is 3.74. The minimum absolute atomic E-state index is 0.481. The Morgan fingerprint density at radius 1 is 1.50 bits per heavy atom. The maximum atomic E-state index is 5.48. The van der Waals surface area contributed by atoms with Crippen molar-refractivity contribution in [3.63, 3.8) is 0 Å². The average Bonchev–Trinajstić information content (AvgIpc) is 2.67. The van der Waals surface area contributed by atoms with Crippen molar-refractivity contribution < 1.29 is 0 Å². The summed E-state index contributed by atoms with van der Waals surface area (Å²) < 4.78 is 0. The molecule has 0 bridgehead atoms. The van der Waals surface area contributed by atoms with Crippen LogP contribution in [0.2, 0.25) is 0 Å². The Kier molecular flexibility index (Phi) is 2.77. The Balaban J connectivity index is 2.06. The van der Waals surface area contributed by atoms with E-state index in [1.807, 2.05) is 17.8 Å². The summed E-state index contributed by atoms with van der Waals surface area (Å²) in [6.07, 6.45) is 3.38. The van der Waals surface area contributed by atoms with Gasteiger partial charge in [0, 0.05) is 18.3 Å². The first kappa shape index (κ1) is 9.58. The molecule has 1 aromatic heterocycles. The molecule has 1 aliphatic rings. The van der Waals surface area contributed by atoms with E-state index in [0.29, 0.717) is 5.82 Å². The van der Waals surface area contributed by atoms with E-state index in [2.05, 4.69) is 21.4 Å². The van der Waals surface area contributed by atoms with Crippen LogP contribution in [0.1, 0.15) is 6.42 Å². The van der Waals surface area contributed by atoms with Gasteiger partial charge in [0.25, 0.3) is 0 Å². The van der Waals surface area contributed by atoms with Gasteiger partial charge in [-0.1, -0.05) is 0 Å². The molecule has 0 aliphatic carbocycles. The van der Waals surface area contributed by atoms with E-state index in [4.69, 9.17) is 5.73 Å². The molecule has 5 heteroatoms. The molecular formula is C9H14N4S. The summed E-state index contributed by atoms with van der Waals surface area (Å²) >= 11 is 1.92. The first-order valence-electron chi connectivity index (χ1n) is 4.66. The quantitative estimate of drug-likeness (QED) is 0.789. The van der Waals surface area contributed by atoms with E-state index in [9.17, 15) is 0 Å². The van der Waals surface area contributed by atoms with Crippen molar-refractivity contribution in [3.05, 3.63) is 12.1 Å². The molecule has 4 nitrogen and oxygen atoms in total. The van der Waals surface area contributed by atoms with Crippen LogP contribution in [0, 0.1) is 0 Å². The molecule has 2 N–H and O–H groups in total. The van der Waals surface area contributed by atoms with Crippen LogP contribution in [0.25, 0.3) is 0 Å². The number of nitrogens with zero attached hydrogens (tertiary/aromatic N) is 3. The van der Waals surface area contributed by atoms with Gasteiger partial charge in [-0.05, 0) is 24.8 Å². The molecule has 14 heavy (non-hydrogen) atoms. The zero-order valence-corrected chi connectivity index (χ0v) is 9.00. The summed E-state index contributed by atoms with van der Waals surface area (Å²) in [5, 5.41) is 8.66. The minimum Gasteiger partial charge on any atom is -0.382 e. The maximum Gasteiger partial charge on any atom is 0.151 e. The van der Waals surface area contributed by atoms with Gasteiger partial charge in [-0.25, -0.2) is 0 Å². The Morgan fingerprint density at radius 2 is 2.36 bits per heavy atom. The molecular weight excluding hydrogens is 196 g/mol. The first-order chi connectivity index (χ1) is 6.79. The third kappa shape index (κ3) is 1.92. The monoisotopic (exact) mass is 210 g/mol. The van der Waals surface area contributed by atoms with Crippen LogP contribution in [-0.2, 0) is 0 Å². The lowest BCUT2D eigenvalue weighted by molar-refractivity contribution is 0.898. The number of aromatic nitrogens is 2. The molecule has 0 radical (unpaired) electrons. The number of rotatable bonds is 2. The van der Waals surface area contributed by atoms with Gasteiger partial charge in [0.2, 0.25) is 0 Å². The lowest BCUT2D eigenvalue weighted by atomic mass is 10.4. The van der Waals surface area contributed by atoms with Gasteiger partial charge in [-0.2, -0.15) is 11.8 Å². The Hall–Kier alpha value is -0.970. The normalized spacial score (nSPS) is 21.5. The van der Waals surface area contributed by atoms with Crippen molar-refractivity contribution in [3.8, 4) is 0 Å². The van der Waals surface area contributed by atoms with Gasteiger partial charge in [-0.3, -0.25) is 0 Å². The largest absolute Gasteiger partial charge is 0.382 e. The number of thioether (sulfide) groups is 1. The fraction of sp³-hybridized carbons (Fsp3) is 0.556. The highest BCUT2D eigenvalue weighted by atomic mass is 32.2. The Morgan fingerprint density at radius 3 is 2.93 bits per heavy atom. The van der Waals surface area contributed by atoms with Gasteiger partial charge in [-0.15, -0.1) is 10.2 Å². The second kappa shape index (κ2) is 4.04. The molecule has 0 spiro atoms. The van der Waals surface area contributed by atoms with E-state index in [1.165, 1.54) is 6.42 Å². The van der Waals surface area contributed by atoms with Crippen LogP contribution < -0.4 is 10.6 Å². The van der Waals surface area contributed by atoms with Crippen LogP contribution >= 0.6 is 11.8 Å². The van der Waals surface area contributed by atoms with Crippen molar-refractivity contribution in [2.24, 2.45) is 0 Å². The van der Waals surface area contributed by atoms with Crippen molar-refractivity contribution >= 4 is 23.4 Å². The molecule has 2 rings (SSSR count). The van der Waals surface area contributed by atoms with Gasteiger partial charge in [0.05, 0.1) is 0 Å². The van der Waals surface area contributed by atoms with Crippen molar-refractivity contribution in [1.82, 2.24) is 10.2 Å². The molecule has 1 saturated heterocycles. The molecule has 1 unspecified atom stereocenters. The smallest absolute Gasteiger partial charge is 0.151 e. The lowest BCUT2D eigenvalue weighted by Crippen LogP contribution is -2.21. The predicted octanol–water partition coefficient (Wildman–Crippen LogP) is 1.00. The van der Waals surface area contributed by atoms with Gasteiger partial charge < -0.3 is 10.6 Å². The Bertz CT molecular complexity index is 300. The van der Waals surface area contributed by atoms with E-state index < -0.39 is 0 Å². The Labute approximate surface area is 87.9 Å². The van der Waals surface area contributed by atoms with E-state index in [1.54, 1.807) is 6.07 Å². The molecule has 76 valence electrons. The third-order valence-electron chi connectivity index (χ3n) is 2.47. The fourth-order valence-corrected chi connectivity index (χ4v) is 2.30. The molecule has 2 heterocycles. The second-order valence-corrected chi connectivity index (χ2v) is 4.55. The van der Waals surface area contributed by atoms with Crippen molar-refractivity contribution in [2.45, 2.75) is 11.7 Å². The maximum absolute atomic E-state index is 5.48. The van der Waals surface area contributed by atoms with Gasteiger partial charge >= 0.3 is 0 Å². The lowest BCUT2D eigenvalue weighted by Gasteiger charge is -2.15. The zero-order chi connectivity index (χ0) is 9.97. The van der Waals surface area contributed by atoms with Gasteiger partial charge in [0.1, 0.15) is 5.82 Å². The summed E-state index contributed by atoms with van der Waals surface area (Å²) in [7, 11) is 0. The SMILES string of the molecule is CSC1CCN(c2ccc(N)nn2)C1. The second-order valence-electron chi connectivity index (χ2n) is 3.41. The van der Waals surface area contributed by atoms with Crippen LogP contribution in [0.5, 0.6) is 0 Å². The molecule has 0 amide bonds. The van der Waals surface area contributed by atoms with Gasteiger partial charge in [0.15, 0.2) is 5.82 Å². The van der Waals surface area contributed by atoms with Crippen LogP contribution in [0.3, 0.4) is 0 Å². The minimum atomic E-state index is 0.481. The standard InChI is InChI=1S/C9H14N4S/c1-14-7-4-5-13(6-7)9-3-2-8(10)11-12-9/h2-3,7H,4-6H2,1H3,(H2,10,11). The summed E-state index contributed by atoms with van der Waals surface area (Å²) in [5.41, 5.74) is 5.48. The molecule has 1 aromatic rings. The number of anilines is 2. The van der Waals surface area contributed by atoms with E-state index >= 15 is 0 Å². The third-order valence-corrected chi connectivity index (χ3v) is 3.52. The molecule has 0 aromatic carbocycles. The molecule has 1 atom stereocenters. The highest BCUT2D eigenvalue weighted by Crippen LogP contribution is 2.23. The van der Waals surface area contributed by atoms with Crippen molar-refractivity contribution in [2.75, 3.05) is 30.0 Å². The highest BCUT2D eigenvalue weighted by molar-refractivity contribution is 7.99. The summed E-state index contributed by atoms with van der Waals surface area (Å²) in [5.74, 6) is 1.42. The average molecular weight is 210 g/mol. The number of hydrogen-bond donors (Lipinski definition) is 1. The summed E-state index contributed by atoms with van der Waals surface area (Å²) in [4.78, 5) is 2.26. The first-order valence-corrected chi connectivity index (χ1v) is 5.95. The fourth-order valence-electron chi connectivity index (χ4n) is 1.63. The molecule has 0 saturated carbocycles. The van der Waals surface area contributed by atoms with E-state index in [0.717, 1.165) is 24.2 Å². The zero-order valence-electron chi connectivity index (χ0n) is 8.18. The summed E-state index contributed by atoms with van der Waals surface area (Å²) in [6.45, 7) is 2.14.